The second kappa shape index (κ2) is 9.48. The Labute approximate surface area is 187 Å². The van der Waals surface area contributed by atoms with Crippen molar-refractivity contribution in [1.82, 2.24) is 14.8 Å². The van der Waals surface area contributed by atoms with Gasteiger partial charge in [0.2, 0.25) is 0 Å². The van der Waals surface area contributed by atoms with E-state index in [2.05, 4.69) is 48.1 Å². The molecule has 7 heteroatoms. The van der Waals surface area contributed by atoms with Crippen molar-refractivity contribution in [2.75, 3.05) is 5.32 Å². The zero-order valence-electron chi connectivity index (χ0n) is 15.4. The van der Waals surface area contributed by atoms with Gasteiger partial charge in [-0.25, -0.2) is 0 Å². The minimum absolute atomic E-state index is 0.574. The number of nitrogens with one attached hydrogen (secondary N) is 1. The molecule has 0 unspecified atom stereocenters. The standard InChI is InChI=1S/C22H18BrClN4S/c23-17-8-12-19(13-9-17)25-14-21-26-27-22(28(21)20-4-2-1-3-5-20)29-15-16-6-10-18(24)11-7-16/h1-13,25H,14-15H2. The predicted molar refractivity (Wildman–Crippen MR) is 124 cm³/mol. The molecule has 1 aromatic heterocycles. The Morgan fingerprint density at radius 3 is 2.34 bits per heavy atom. The number of benzene rings is 3. The van der Waals surface area contributed by atoms with E-state index < -0.39 is 0 Å². The number of aromatic nitrogens is 3. The molecule has 146 valence electrons. The van der Waals surface area contributed by atoms with E-state index in [1.807, 2.05) is 66.7 Å². The molecule has 29 heavy (non-hydrogen) atoms. The molecule has 4 aromatic rings. The van der Waals surface area contributed by atoms with Gasteiger partial charge in [-0.05, 0) is 54.1 Å². The zero-order valence-corrected chi connectivity index (χ0v) is 18.6. The molecule has 0 saturated heterocycles. The van der Waals surface area contributed by atoms with Crippen LogP contribution in [0.2, 0.25) is 5.02 Å². The van der Waals surface area contributed by atoms with Crippen molar-refractivity contribution in [2.45, 2.75) is 17.5 Å². The highest BCUT2D eigenvalue weighted by atomic mass is 79.9. The summed E-state index contributed by atoms with van der Waals surface area (Å²) in [7, 11) is 0. The van der Waals surface area contributed by atoms with Gasteiger partial charge in [0, 0.05) is 26.6 Å². The number of hydrogen-bond donors (Lipinski definition) is 1. The SMILES string of the molecule is Clc1ccc(CSc2nnc(CNc3ccc(Br)cc3)n2-c2ccccc2)cc1. The number of para-hydroxylation sites is 1. The monoisotopic (exact) mass is 484 g/mol. The fourth-order valence-corrected chi connectivity index (χ4v) is 4.14. The molecular formula is C22H18BrClN4S. The number of hydrogen-bond acceptors (Lipinski definition) is 4. The van der Waals surface area contributed by atoms with Crippen LogP contribution in [0.25, 0.3) is 5.69 Å². The van der Waals surface area contributed by atoms with Gasteiger partial charge in [0.1, 0.15) is 0 Å². The van der Waals surface area contributed by atoms with Gasteiger partial charge in [0.05, 0.1) is 6.54 Å². The van der Waals surface area contributed by atoms with Crippen molar-refractivity contribution in [3.05, 3.63) is 99.7 Å². The Morgan fingerprint density at radius 1 is 0.897 bits per heavy atom. The van der Waals surface area contributed by atoms with Crippen LogP contribution < -0.4 is 5.32 Å². The van der Waals surface area contributed by atoms with Crippen molar-refractivity contribution in [3.63, 3.8) is 0 Å². The molecule has 4 rings (SSSR count). The Bertz CT molecular complexity index is 999. The molecule has 1 heterocycles. The van der Waals surface area contributed by atoms with E-state index in [0.29, 0.717) is 6.54 Å². The van der Waals surface area contributed by atoms with Gasteiger partial charge in [0.25, 0.3) is 0 Å². The minimum Gasteiger partial charge on any atom is -0.378 e. The van der Waals surface area contributed by atoms with Gasteiger partial charge in [-0.2, -0.15) is 0 Å². The Hall–Kier alpha value is -2.28. The molecule has 0 radical (unpaired) electrons. The normalized spacial score (nSPS) is 10.8. The molecule has 0 aliphatic carbocycles. The lowest BCUT2D eigenvalue weighted by Crippen LogP contribution is -2.08. The van der Waals surface area contributed by atoms with Crippen LogP contribution in [-0.2, 0) is 12.3 Å². The van der Waals surface area contributed by atoms with Crippen molar-refractivity contribution in [2.24, 2.45) is 0 Å². The molecule has 3 aromatic carbocycles. The third-order valence-corrected chi connectivity index (χ3v) is 6.07. The predicted octanol–water partition coefficient (Wildman–Crippen LogP) is 6.59. The first-order chi connectivity index (χ1) is 14.2. The van der Waals surface area contributed by atoms with Gasteiger partial charge >= 0.3 is 0 Å². The van der Waals surface area contributed by atoms with E-state index in [-0.39, 0.29) is 0 Å². The molecule has 0 aliphatic heterocycles. The third kappa shape index (κ3) is 5.21. The van der Waals surface area contributed by atoms with Crippen LogP contribution in [0.3, 0.4) is 0 Å². The molecule has 1 N–H and O–H groups in total. The first-order valence-electron chi connectivity index (χ1n) is 9.05. The highest BCUT2D eigenvalue weighted by Gasteiger charge is 2.14. The van der Waals surface area contributed by atoms with Crippen LogP contribution >= 0.6 is 39.3 Å². The van der Waals surface area contributed by atoms with Gasteiger partial charge in [-0.1, -0.05) is 69.6 Å². The second-order valence-electron chi connectivity index (χ2n) is 6.35. The number of thioether (sulfide) groups is 1. The van der Waals surface area contributed by atoms with Gasteiger partial charge in [-0.3, -0.25) is 4.57 Å². The Morgan fingerprint density at radius 2 is 1.62 bits per heavy atom. The quantitative estimate of drug-likeness (QED) is 0.300. The van der Waals surface area contributed by atoms with E-state index in [1.54, 1.807) is 11.8 Å². The lowest BCUT2D eigenvalue weighted by atomic mass is 10.2. The summed E-state index contributed by atoms with van der Waals surface area (Å²) in [6.45, 7) is 0.574. The lowest BCUT2D eigenvalue weighted by Gasteiger charge is -2.11. The van der Waals surface area contributed by atoms with Crippen molar-refractivity contribution >= 4 is 45.0 Å². The van der Waals surface area contributed by atoms with Crippen LogP contribution in [0, 0.1) is 0 Å². The topological polar surface area (TPSA) is 42.7 Å². The second-order valence-corrected chi connectivity index (χ2v) is 8.64. The van der Waals surface area contributed by atoms with E-state index in [1.165, 1.54) is 5.56 Å². The highest BCUT2D eigenvalue weighted by molar-refractivity contribution is 9.10. The lowest BCUT2D eigenvalue weighted by molar-refractivity contribution is 0.841. The maximum Gasteiger partial charge on any atom is 0.196 e. The van der Waals surface area contributed by atoms with E-state index in [9.17, 15) is 0 Å². The average Bonchev–Trinajstić information content (AvgIpc) is 3.16. The summed E-state index contributed by atoms with van der Waals surface area (Å²) in [5.74, 6) is 1.65. The molecule has 0 aliphatic rings. The van der Waals surface area contributed by atoms with Crippen LogP contribution in [0.5, 0.6) is 0 Å². The summed E-state index contributed by atoms with van der Waals surface area (Å²) >= 11 is 11.1. The summed E-state index contributed by atoms with van der Waals surface area (Å²) in [5.41, 5.74) is 3.27. The fraction of sp³-hybridized carbons (Fsp3) is 0.0909. The van der Waals surface area contributed by atoms with Gasteiger partial charge in [0.15, 0.2) is 11.0 Å². The average molecular weight is 486 g/mol. The highest BCUT2D eigenvalue weighted by Crippen LogP contribution is 2.26. The molecule has 0 fully saturated rings. The molecule has 0 spiro atoms. The van der Waals surface area contributed by atoms with Gasteiger partial charge in [-0.15, -0.1) is 10.2 Å². The van der Waals surface area contributed by atoms with Crippen molar-refractivity contribution in [1.29, 1.82) is 0 Å². The first-order valence-corrected chi connectivity index (χ1v) is 11.2. The molecule has 0 saturated carbocycles. The van der Waals surface area contributed by atoms with Gasteiger partial charge < -0.3 is 5.32 Å². The van der Waals surface area contributed by atoms with E-state index >= 15 is 0 Å². The number of halogens is 2. The maximum absolute atomic E-state index is 5.99. The van der Waals surface area contributed by atoms with E-state index in [4.69, 9.17) is 11.6 Å². The van der Waals surface area contributed by atoms with Crippen LogP contribution in [0.15, 0.2) is 88.5 Å². The van der Waals surface area contributed by atoms with Crippen LogP contribution in [-0.4, -0.2) is 14.8 Å². The number of rotatable bonds is 7. The molecule has 0 amide bonds. The smallest absolute Gasteiger partial charge is 0.196 e. The van der Waals surface area contributed by atoms with Crippen LogP contribution in [0.4, 0.5) is 5.69 Å². The summed E-state index contributed by atoms with van der Waals surface area (Å²) in [6, 6.07) is 26.2. The van der Waals surface area contributed by atoms with Crippen molar-refractivity contribution < 1.29 is 0 Å². The van der Waals surface area contributed by atoms with Crippen LogP contribution in [0.1, 0.15) is 11.4 Å². The number of nitrogens with zero attached hydrogens (tertiary/aromatic N) is 3. The Balaban J connectivity index is 1.56. The van der Waals surface area contributed by atoms with E-state index in [0.717, 1.165) is 37.6 Å². The summed E-state index contributed by atoms with van der Waals surface area (Å²) in [4.78, 5) is 0. The number of anilines is 1. The largest absolute Gasteiger partial charge is 0.378 e. The maximum atomic E-state index is 5.99. The zero-order chi connectivity index (χ0) is 20.1. The van der Waals surface area contributed by atoms with Crippen molar-refractivity contribution in [3.8, 4) is 5.69 Å². The minimum atomic E-state index is 0.574. The summed E-state index contributed by atoms with van der Waals surface area (Å²) in [5, 5.41) is 13.9. The first kappa shape index (κ1) is 20.0. The molecule has 0 atom stereocenters. The molecule has 4 nitrogen and oxygen atoms in total. The Kier molecular flexibility index (Phi) is 6.54. The summed E-state index contributed by atoms with van der Waals surface area (Å²) < 4.78 is 3.16. The summed E-state index contributed by atoms with van der Waals surface area (Å²) in [6.07, 6.45) is 0. The molecular weight excluding hydrogens is 468 g/mol. The molecule has 0 bridgehead atoms. The fourth-order valence-electron chi connectivity index (χ4n) is 2.82. The third-order valence-electron chi connectivity index (χ3n) is 4.29.